The average Bonchev–Trinajstić information content (AvgIpc) is 3.99. The number of carboxylic acids is 1. The van der Waals surface area contributed by atoms with Crippen molar-refractivity contribution in [3.63, 3.8) is 0 Å². The predicted octanol–water partition coefficient (Wildman–Crippen LogP) is 8.42. The molecule has 3 heterocycles. The first-order valence-corrected chi connectivity index (χ1v) is 17.1. The first-order valence-electron chi connectivity index (χ1n) is 17.1. The number of hydrogen-bond donors (Lipinski definition) is 1. The molecule has 2 fully saturated rings. The van der Waals surface area contributed by atoms with Crippen LogP contribution in [0.3, 0.4) is 0 Å². The first-order chi connectivity index (χ1) is 23.8. The zero-order valence-corrected chi connectivity index (χ0v) is 29.2. The van der Waals surface area contributed by atoms with Crippen molar-refractivity contribution in [3.05, 3.63) is 69.7 Å². The lowest BCUT2D eigenvalue weighted by atomic mass is 10.0. The second-order valence-corrected chi connectivity index (χ2v) is 14.8. The van der Waals surface area contributed by atoms with E-state index in [2.05, 4.69) is 14.9 Å². The number of rotatable bonds is 12. The predicted molar refractivity (Wildman–Crippen MR) is 180 cm³/mol. The molecule has 0 atom stereocenters. The Morgan fingerprint density at radius 1 is 0.882 bits per heavy atom. The molecule has 0 unspecified atom stereocenters. The van der Waals surface area contributed by atoms with Gasteiger partial charge >= 0.3 is 18.3 Å². The van der Waals surface area contributed by atoms with Gasteiger partial charge < -0.3 is 14.9 Å². The monoisotopic (exact) mass is 717 g/mol. The van der Waals surface area contributed by atoms with E-state index in [9.17, 15) is 36.2 Å². The lowest BCUT2D eigenvalue weighted by Crippen LogP contribution is -2.32. The van der Waals surface area contributed by atoms with Gasteiger partial charge in [0, 0.05) is 43.3 Å². The number of anilines is 2. The van der Waals surface area contributed by atoms with Crippen molar-refractivity contribution in [1.29, 1.82) is 0 Å². The maximum atomic E-state index is 13.9. The smallest absolute Gasteiger partial charge is 0.416 e. The van der Waals surface area contributed by atoms with Gasteiger partial charge in [-0.15, -0.1) is 0 Å². The molecule has 2 aliphatic carbocycles. The number of alkyl halides is 6. The Bertz CT molecular complexity index is 1900. The summed E-state index contributed by atoms with van der Waals surface area (Å²) in [7, 11) is 0. The summed E-state index contributed by atoms with van der Waals surface area (Å²) in [5.74, 6) is 0.354. The second-order valence-electron chi connectivity index (χ2n) is 14.8. The van der Waals surface area contributed by atoms with Crippen LogP contribution in [0.4, 0.5) is 38.1 Å². The number of nitrogens with zero attached hydrogens (tertiary/aromatic N) is 7. The van der Waals surface area contributed by atoms with Gasteiger partial charge in [0.15, 0.2) is 5.65 Å². The molecule has 2 saturated carbocycles. The number of carboxylic acid groups (broad SMARTS) is 1. The van der Waals surface area contributed by atoms with E-state index in [4.69, 9.17) is 10.1 Å². The maximum Gasteiger partial charge on any atom is 0.416 e. The molecule has 1 aromatic carbocycles. The van der Waals surface area contributed by atoms with Crippen LogP contribution in [0.5, 0.6) is 0 Å². The highest BCUT2D eigenvalue weighted by molar-refractivity contribution is 5.88. The average molecular weight is 718 g/mol. The van der Waals surface area contributed by atoms with Gasteiger partial charge in [-0.1, -0.05) is 6.92 Å². The van der Waals surface area contributed by atoms with E-state index in [1.54, 1.807) is 6.92 Å². The van der Waals surface area contributed by atoms with Crippen molar-refractivity contribution in [2.75, 3.05) is 22.9 Å². The van der Waals surface area contributed by atoms with Crippen molar-refractivity contribution in [2.24, 2.45) is 11.8 Å². The SMILES string of the molecule is CCc1nc(N(Cc2cc(C(F)(F)F)cc(C(F)(F)F)c2)Cc2cc3c(C)nn(C(C)(C)C)c3nc2N(CC2CC2)CC2CC2)ncc1C(=O)O. The molecule has 2 aliphatic rings. The molecule has 6 rings (SSSR count). The third-order valence-electron chi connectivity index (χ3n) is 9.27. The van der Waals surface area contributed by atoms with Crippen molar-refractivity contribution >= 4 is 28.8 Å². The fraction of sp³-hybridized carbons (Fsp3) is 0.528. The summed E-state index contributed by atoms with van der Waals surface area (Å²) in [5.41, 5.74) is -1.44. The number of pyridine rings is 1. The van der Waals surface area contributed by atoms with Gasteiger partial charge in [-0.05, 0) is 101 Å². The van der Waals surface area contributed by atoms with Gasteiger partial charge in [-0.2, -0.15) is 31.4 Å². The molecule has 9 nitrogen and oxygen atoms in total. The summed E-state index contributed by atoms with van der Waals surface area (Å²) in [6, 6.07) is 3.43. The standard InChI is InChI=1S/C36H41F6N7O2/c1-6-29-28(32(50)51)15-43-33(44-29)48(18-23-11-25(35(37,38)39)14-26(12-23)36(40,41)42)19-24-13-27-20(2)46-49(34(3,4)5)31(27)45-30(24)47(16-21-7-8-21)17-22-9-10-22/h11-15,21-22H,6-10,16-19H2,1-5H3,(H,50,51). The third kappa shape index (κ3) is 8.22. The third-order valence-corrected chi connectivity index (χ3v) is 9.27. The minimum absolute atomic E-state index is 0.0353. The van der Waals surface area contributed by atoms with Crippen LogP contribution >= 0.6 is 0 Å². The lowest BCUT2D eigenvalue weighted by molar-refractivity contribution is -0.143. The van der Waals surface area contributed by atoms with Crippen LogP contribution < -0.4 is 9.80 Å². The molecule has 0 amide bonds. The second kappa shape index (κ2) is 13.3. The zero-order valence-electron chi connectivity index (χ0n) is 29.2. The van der Waals surface area contributed by atoms with E-state index in [-0.39, 0.29) is 41.8 Å². The highest BCUT2D eigenvalue weighted by atomic mass is 19.4. The maximum absolute atomic E-state index is 13.9. The summed E-state index contributed by atoms with van der Waals surface area (Å²) in [5, 5.41) is 15.3. The van der Waals surface area contributed by atoms with E-state index in [0.29, 0.717) is 46.7 Å². The molecule has 0 bridgehead atoms. The van der Waals surface area contributed by atoms with Gasteiger partial charge in [-0.3, -0.25) is 0 Å². The molecule has 0 radical (unpaired) electrons. The molecule has 3 aromatic heterocycles. The Hall–Kier alpha value is -4.43. The normalized spacial score (nSPS) is 15.4. The summed E-state index contributed by atoms with van der Waals surface area (Å²) < 4.78 is 85.3. The minimum Gasteiger partial charge on any atom is -0.478 e. The summed E-state index contributed by atoms with van der Waals surface area (Å²) in [6.45, 7) is 10.7. The summed E-state index contributed by atoms with van der Waals surface area (Å²) >= 11 is 0. The van der Waals surface area contributed by atoms with Gasteiger partial charge in [0.05, 0.1) is 33.6 Å². The fourth-order valence-corrected chi connectivity index (χ4v) is 6.29. The summed E-state index contributed by atoms with van der Waals surface area (Å²) in [4.78, 5) is 29.7. The van der Waals surface area contributed by atoms with Crippen LogP contribution in [-0.4, -0.2) is 48.9 Å². The van der Waals surface area contributed by atoms with Crippen molar-refractivity contribution in [2.45, 2.75) is 97.7 Å². The van der Waals surface area contributed by atoms with E-state index < -0.39 is 41.5 Å². The molecule has 1 N–H and O–H groups in total. The molecule has 4 aromatic rings. The minimum atomic E-state index is -5.03. The molecule has 0 aliphatic heterocycles. The van der Waals surface area contributed by atoms with Crippen molar-refractivity contribution < 1.29 is 36.2 Å². The molecule has 0 spiro atoms. The van der Waals surface area contributed by atoms with Crippen LogP contribution in [0.15, 0.2) is 30.5 Å². The van der Waals surface area contributed by atoms with Gasteiger partial charge in [0.1, 0.15) is 5.82 Å². The van der Waals surface area contributed by atoms with Crippen LogP contribution in [0.1, 0.15) is 97.4 Å². The molecule has 0 saturated heterocycles. The van der Waals surface area contributed by atoms with Crippen LogP contribution in [-0.2, 0) is 37.4 Å². The topological polar surface area (TPSA) is 100 Å². The molecular formula is C36H41F6N7O2. The largest absolute Gasteiger partial charge is 0.478 e. The van der Waals surface area contributed by atoms with E-state index >= 15 is 0 Å². The number of fused-ring (bicyclic) bond motifs is 1. The highest BCUT2D eigenvalue weighted by Gasteiger charge is 2.38. The quantitative estimate of drug-likeness (QED) is 0.146. The number of hydrogen-bond acceptors (Lipinski definition) is 7. The summed E-state index contributed by atoms with van der Waals surface area (Å²) in [6.07, 6.45) is -4.39. The van der Waals surface area contributed by atoms with E-state index in [0.717, 1.165) is 50.4 Å². The number of halogens is 6. The first kappa shape index (κ1) is 36.4. The lowest BCUT2D eigenvalue weighted by Gasteiger charge is -2.30. The molecular weight excluding hydrogens is 676 g/mol. The highest BCUT2D eigenvalue weighted by Crippen LogP contribution is 2.40. The molecule has 15 heteroatoms. The van der Waals surface area contributed by atoms with Crippen LogP contribution in [0, 0.1) is 18.8 Å². The Morgan fingerprint density at radius 2 is 1.47 bits per heavy atom. The van der Waals surface area contributed by atoms with Gasteiger partial charge in [-0.25, -0.2) is 24.4 Å². The number of benzene rings is 1. The van der Waals surface area contributed by atoms with E-state index in [1.807, 2.05) is 38.4 Å². The Labute approximate surface area is 291 Å². The van der Waals surface area contributed by atoms with Gasteiger partial charge in [0.25, 0.3) is 0 Å². The van der Waals surface area contributed by atoms with Crippen molar-refractivity contribution in [1.82, 2.24) is 24.7 Å². The Balaban J connectivity index is 1.53. The Morgan fingerprint density at radius 3 is 1.96 bits per heavy atom. The van der Waals surface area contributed by atoms with Crippen LogP contribution in [0.2, 0.25) is 0 Å². The van der Waals surface area contributed by atoms with Gasteiger partial charge in [0.2, 0.25) is 5.95 Å². The zero-order chi connectivity index (χ0) is 37.0. The number of aromatic nitrogens is 5. The fourth-order valence-electron chi connectivity index (χ4n) is 6.29. The molecule has 51 heavy (non-hydrogen) atoms. The number of aryl methyl sites for hydroxylation is 2. The Kier molecular flexibility index (Phi) is 9.47. The van der Waals surface area contributed by atoms with Crippen LogP contribution in [0.25, 0.3) is 11.0 Å². The molecule has 274 valence electrons. The number of aromatic carboxylic acids is 1. The van der Waals surface area contributed by atoms with E-state index in [1.165, 1.54) is 4.90 Å². The van der Waals surface area contributed by atoms with Crippen molar-refractivity contribution in [3.8, 4) is 0 Å². The number of carbonyl (C=O) groups is 1.